The van der Waals surface area contributed by atoms with Crippen molar-refractivity contribution >= 4 is 23.4 Å². The third kappa shape index (κ3) is 6.86. The van der Waals surface area contributed by atoms with Crippen molar-refractivity contribution in [2.45, 2.75) is 12.8 Å². The van der Waals surface area contributed by atoms with Crippen LogP contribution in [-0.4, -0.2) is 62.7 Å². The van der Waals surface area contributed by atoms with Crippen molar-refractivity contribution in [3.8, 4) is 0 Å². The van der Waals surface area contributed by atoms with Crippen LogP contribution in [0.15, 0.2) is 24.3 Å². The van der Waals surface area contributed by atoms with Gasteiger partial charge in [-0.2, -0.15) is 0 Å². The molecule has 0 radical (unpaired) electrons. The molecule has 2 amide bonds. The van der Waals surface area contributed by atoms with Crippen molar-refractivity contribution in [3.63, 3.8) is 0 Å². The van der Waals surface area contributed by atoms with Crippen LogP contribution >= 0.6 is 11.6 Å². The van der Waals surface area contributed by atoms with Crippen molar-refractivity contribution in [1.82, 2.24) is 15.5 Å². The Morgan fingerprint density at radius 2 is 1.79 bits per heavy atom. The predicted octanol–water partition coefficient (Wildman–Crippen LogP) is 1.30. The molecule has 0 bridgehead atoms. The Hall–Kier alpha value is -1.63. The number of hydrogen-bond acceptors (Lipinski definition) is 4. The van der Waals surface area contributed by atoms with Crippen LogP contribution < -0.4 is 10.6 Å². The van der Waals surface area contributed by atoms with Crippen LogP contribution in [0.1, 0.15) is 23.2 Å². The van der Waals surface area contributed by atoms with Crippen molar-refractivity contribution in [3.05, 3.63) is 34.9 Å². The molecule has 1 aliphatic heterocycles. The summed E-state index contributed by atoms with van der Waals surface area (Å²) in [6, 6.07) is 6.71. The lowest BCUT2D eigenvalue weighted by Crippen LogP contribution is -2.41. The molecule has 6 nitrogen and oxygen atoms in total. The maximum Gasteiger partial charge on any atom is 0.251 e. The molecule has 24 heavy (non-hydrogen) atoms. The quantitative estimate of drug-likeness (QED) is 0.691. The van der Waals surface area contributed by atoms with Crippen LogP contribution in [-0.2, 0) is 9.53 Å². The van der Waals surface area contributed by atoms with Gasteiger partial charge in [0.2, 0.25) is 5.91 Å². The van der Waals surface area contributed by atoms with E-state index in [9.17, 15) is 9.59 Å². The Morgan fingerprint density at radius 1 is 1.08 bits per heavy atom. The first kappa shape index (κ1) is 18.7. The fraction of sp³-hybridized carbons (Fsp3) is 0.529. The maximum absolute atomic E-state index is 11.9. The van der Waals surface area contributed by atoms with E-state index in [4.69, 9.17) is 16.3 Å². The highest BCUT2D eigenvalue weighted by molar-refractivity contribution is 6.30. The number of morpholine rings is 1. The van der Waals surface area contributed by atoms with E-state index in [0.717, 1.165) is 32.8 Å². The molecule has 1 aromatic carbocycles. The van der Waals surface area contributed by atoms with Gasteiger partial charge in [-0.15, -0.1) is 0 Å². The normalized spacial score (nSPS) is 15.0. The highest BCUT2D eigenvalue weighted by atomic mass is 35.5. The standard InChI is InChI=1S/C17H24ClN3O3/c18-15-5-3-14(4-6-15)17(23)20-7-1-2-16(22)19-8-9-21-10-12-24-13-11-21/h3-6H,1-2,7-13H2,(H,19,22)(H,20,23). The second-order valence-electron chi connectivity index (χ2n) is 5.67. The summed E-state index contributed by atoms with van der Waals surface area (Å²) in [5.74, 6) is -0.136. The molecule has 132 valence electrons. The molecule has 0 saturated carbocycles. The highest BCUT2D eigenvalue weighted by Gasteiger charge is 2.10. The topological polar surface area (TPSA) is 70.7 Å². The minimum atomic E-state index is -0.153. The molecule has 1 aromatic rings. The minimum absolute atomic E-state index is 0.0176. The summed E-state index contributed by atoms with van der Waals surface area (Å²) in [5.41, 5.74) is 0.564. The van der Waals surface area contributed by atoms with E-state index < -0.39 is 0 Å². The van der Waals surface area contributed by atoms with Gasteiger partial charge in [0.15, 0.2) is 0 Å². The van der Waals surface area contributed by atoms with Gasteiger partial charge in [0.1, 0.15) is 0 Å². The van der Waals surface area contributed by atoms with Crippen LogP contribution in [0, 0.1) is 0 Å². The molecule has 0 aliphatic carbocycles. The second-order valence-corrected chi connectivity index (χ2v) is 6.11. The average molecular weight is 354 g/mol. The lowest BCUT2D eigenvalue weighted by Gasteiger charge is -2.26. The Kier molecular flexibility index (Phi) is 8.01. The molecular weight excluding hydrogens is 330 g/mol. The predicted molar refractivity (Wildman–Crippen MR) is 93.3 cm³/mol. The Balaban J connectivity index is 1.52. The zero-order chi connectivity index (χ0) is 17.2. The number of rotatable bonds is 8. The van der Waals surface area contributed by atoms with Gasteiger partial charge in [0.25, 0.3) is 5.91 Å². The number of amides is 2. The summed E-state index contributed by atoms with van der Waals surface area (Å²) in [7, 11) is 0. The van der Waals surface area contributed by atoms with Gasteiger partial charge in [-0.1, -0.05) is 11.6 Å². The molecule has 0 aromatic heterocycles. The summed E-state index contributed by atoms with van der Waals surface area (Å²) in [5, 5.41) is 6.30. The number of nitrogens with one attached hydrogen (secondary N) is 2. The van der Waals surface area contributed by atoms with Crippen LogP contribution in [0.3, 0.4) is 0 Å². The first-order chi connectivity index (χ1) is 11.6. The van der Waals surface area contributed by atoms with Gasteiger partial charge in [0, 0.05) is 49.7 Å². The first-order valence-corrected chi connectivity index (χ1v) is 8.63. The first-order valence-electron chi connectivity index (χ1n) is 8.26. The third-order valence-corrected chi connectivity index (χ3v) is 4.08. The molecule has 1 aliphatic rings. The molecule has 1 fully saturated rings. The Labute approximate surface area is 147 Å². The van der Waals surface area contributed by atoms with Crippen LogP contribution in [0.25, 0.3) is 0 Å². The lowest BCUT2D eigenvalue weighted by atomic mass is 10.2. The van der Waals surface area contributed by atoms with Gasteiger partial charge >= 0.3 is 0 Å². The Bertz CT molecular complexity index is 530. The molecule has 7 heteroatoms. The van der Waals surface area contributed by atoms with E-state index in [0.29, 0.717) is 36.5 Å². The summed E-state index contributed by atoms with van der Waals surface area (Å²) >= 11 is 5.78. The smallest absolute Gasteiger partial charge is 0.251 e. The number of carbonyl (C=O) groups excluding carboxylic acids is 2. The third-order valence-electron chi connectivity index (χ3n) is 3.83. The fourth-order valence-corrected chi connectivity index (χ4v) is 2.55. The zero-order valence-electron chi connectivity index (χ0n) is 13.7. The number of nitrogens with zero attached hydrogens (tertiary/aromatic N) is 1. The highest BCUT2D eigenvalue weighted by Crippen LogP contribution is 2.09. The van der Waals surface area contributed by atoms with Crippen LogP contribution in [0.4, 0.5) is 0 Å². The fourth-order valence-electron chi connectivity index (χ4n) is 2.42. The van der Waals surface area contributed by atoms with Gasteiger partial charge < -0.3 is 15.4 Å². The SMILES string of the molecule is O=C(CCCNC(=O)c1ccc(Cl)cc1)NCCN1CCOCC1. The second kappa shape index (κ2) is 10.3. The number of halogens is 1. The molecule has 0 spiro atoms. The lowest BCUT2D eigenvalue weighted by molar-refractivity contribution is -0.121. The van der Waals surface area contributed by atoms with Crippen molar-refractivity contribution in [1.29, 1.82) is 0 Å². The summed E-state index contributed by atoms with van der Waals surface area (Å²) in [4.78, 5) is 25.9. The van der Waals surface area contributed by atoms with Crippen molar-refractivity contribution < 1.29 is 14.3 Å². The van der Waals surface area contributed by atoms with E-state index in [1.807, 2.05) is 0 Å². The molecule has 0 unspecified atom stereocenters. The number of benzene rings is 1. The monoisotopic (exact) mass is 353 g/mol. The number of ether oxygens (including phenoxy) is 1. The summed E-state index contributed by atoms with van der Waals surface area (Å²) in [6.45, 7) is 5.35. The summed E-state index contributed by atoms with van der Waals surface area (Å²) in [6.07, 6.45) is 1.02. The Morgan fingerprint density at radius 3 is 2.50 bits per heavy atom. The average Bonchev–Trinajstić information content (AvgIpc) is 2.60. The van der Waals surface area contributed by atoms with Crippen LogP contribution in [0.5, 0.6) is 0 Å². The molecular formula is C17H24ClN3O3. The van der Waals surface area contributed by atoms with Gasteiger partial charge in [-0.25, -0.2) is 0 Å². The molecule has 1 heterocycles. The minimum Gasteiger partial charge on any atom is -0.379 e. The molecule has 2 N–H and O–H groups in total. The van der Waals surface area contributed by atoms with E-state index in [1.54, 1.807) is 24.3 Å². The van der Waals surface area contributed by atoms with E-state index >= 15 is 0 Å². The largest absolute Gasteiger partial charge is 0.379 e. The molecule has 1 saturated heterocycles. The number of hydrogen-bond donors (Lipinski definition) is 2. The zero-order valence-corrected chi connectivity index (χ0v) is 14.5. The molecule has 0 atom stereocenters. The summed E-state index contributed by atoms with van der Waals surface area (Å²) < 4.78 is 5.28. The maximum atomic E-state index is 11.9. The van der Waals surface area contributed by atoms with E-state index in [2.05, 4.69) is 15.5 Å². The van der Waals surface area contributed by atoms with E-state index in [-0.39, 0.29) is 11.8 Å². The van der Waals surface area contributed by atoms with Gasteiger partial charge in [-0.05, 0) is 30.7 Å². The number of carbonyl (C=O) groups is 2. The van der Waals surface area contributed by atoms with Crippen LogP contribution in [0.2, 0.25) is 5.02 Å². The molecule has 2 rings (SSSR count). The van der Waals surface area contributed by atoms with E-state index in [1.165, 1.54) is 0 Å². The van der Waals surface area contributed by atoms with Crippen molar-refractivity contribution in [2.24, 2.45) is 0 Å². The van der Waals surface area contributed by atoms with Gasteiger partial charge in [0.05, 0.1) is 13.2 Å². The van der Waals surface area contributed by atoms with Gasteiger partial charge in [-0.3, -0.25) is 14.5 Å². The van der Waals surface area contributed by atoms with Crippen molar-refractivity contribution in [2.75, 3.05) is 45.9 Å².